The van der Waals surface area contributed by atoms with Crippen molar-refractivity contribution in [1.82, 2.24) is 19.1 Å². The van der Waals surface area contributed by atoms with E-state index in [0.29, 0.717) is 5.56 Å². The smallest absolute Gasteiger partial charge is 0.264 e. The molecule has 0 atom stereocenters. The van der Waals surface area contributed by atoms with Crippen LogP contribution < -0.4 is 0 Å². The number of hydrogen-bond acceptors (Lipinski definition) is 4. The molecule has 0 amide bonds. The molecule has 10 heteroatoms. The monoisotopic (exact) mass is 384 g/mol. The summed E-state index contributed by atoms with van der Waals surface area (Å²) in [5, 5.41) is 3.57. The highest BCUT2D eigenvalue weighted by molar-refractivity contribution is 7.89. The van der Waals surface area contributed by atoms with Gasteiger partial charge in [0.1, 0.15) is 0 Å². The van der Waals surface area contributed by atoms with E-state index >= 15 is 0 Å². The number of halogens is 3. The van der Waals surface area contributed by atoms with Gasteiger partial charge in [-0.25, -0.2) is 12.7 Å². The number of aromatic nitrogens is 3. The van der Waals surface area contributed by atoms with Gasteiger partial charge in [0, 0.05) is 26.5 Å². The van der Waals surface area contributed by atoms with E-state index in [1.807, 2.05) is 0 Å². The zero-order valence-electron chi connectivity index (χ0n) is 13.9. The van der Waals surface area contributed by atoms with Crippen LogP contribution in [0.2, 0.25) is 0 Å². The average Bonchev–Trinajstić information content (AvgIpc) is 2.94. The van der Waals surface area contributed by atoms with Gasteiger partial charge in [0.15, 0.2) is 5.69 Å². The summed E-state index contributed by atoms with van der Waals surface area (Å²) in [7, 11) is -0.822. The lowest BCUT2D eigenvalue weighted by molar-refractivity contribution is -0.140. The van der Waals surface area contributed by atoms with Crippen molar-refractivity contribution in [2.75, 3.05) is 14.1 Å². The van der Waals surface area contributed by atoms with E-state index in [2.05, 4.69) is 10.1 Å². The van der Waals surface area contributed by atoms with Gasteiger partial charge in [0.2, 0.25) is 10.0 Å². The molecule has 0 spiro atoms. The summed E-state index contributed by atoms with van der Waals surface area (Å²) in [6.45, 7) is -0.00657. The molecule has 0 unspecified atom stereocenters. The van der Waals surface area contributed by atoms with Crippen molar-refractivity contribution < 1.29 is 21.6 Å². The van der Waals surface area contributed by atoms with Crippen molar-refractivity contribution in [3.63, 3.8) is 0 Å². The number of rotatable bonds is 4. The van der Waals surface area contributed by atoms with Crippen molar-refractivity contribution in [2.45, 2.75) is 17.6 Å². The molecule has 3 rings (SSSR count). The van der Waals surface area contributed by atoms with E-state index in [0.717, 1.165) is 10.5 Å². The SMILES string of the molecule is CN(C)S(=O)(=O)c1cccc(Cn2nc(C(F)(F)F)c3cnccc32)c1. The zero-order valence-corrected chi connectivity index (χ0v) is 14.7. The molecule has 3 aromatic rings. The predicted octanol–water partition coefficient (Wildman–Crippen LogP) is 2.75. The third kappa shape index (κ3) is 3.29. The predicted molar refractivity (Wildman–Crippen MR) is 88.9 cm³/mol. The Morgan fingerprint density at radius 2 is 1.92 bits per heavy atom. The molecule has 26 heavy (non-hydrogen) atoms. The van der Waals surface area contributed by atoms with Crippen LogP contribution in [-0.2, 0) is 22.7 Å². The molecule has 1 aromatic carbocycles. The minimum Gasteiger partial charge on any atom is -0.264 e. The molecule has 0 fully saturated rings. The number of sulfonamides is 1. The lowest BCUT2D eigenvalue weighted by Gasteiger charge is -2.12. The zero-order chi connectivity index (χ0) is 19.1. The van der Waals surface area contributed by atoms with Gasteiger partial charge >= 0.3 is 6.18 Å². The Bertz CT molecular complexity index is 1060. The number of pyridine rings is 1. The van der Waals surface area contributed by atoms with E-state index in [1.165, 1.54) is 43.2 Å². The largest absolute Gasteiger partial charge is 0.435 e. The van der Waals surface area contributed by atoms with E-state index in [-0.39, 0.29) is 22.3 Å². The molecule has 0 radical (unpaired) electrons. The second kappa shape index (κ2) is 6.36. The Kier molecular flexibility index (Phi) is 4.49. The highest BCUT2D eigenvalue weighted by atomic mass is 32.2. The molecule has 2 aromatic heterocycles. The average molecular weight is 384 g/mol. The fraction of sp³-hybridized carbons (Fsp3) is 0.250. The van der Waals surface area contributed by atoms with Crippen LogP contribution >= 0.6 is 0 Å². The normalized spacial score (nSPS) is 12.8. The van der Waals surface area contributed by atoms with Crippen molar-refractivity contribution in [3.05, 3.63) is 54.0 Å². The Morgan fingerprint density at radius 3 is 2.58 bits per heavy atom. The number of benzene rings is 1. The topological polar surface area (TPSA) is 68.1 Å². The number of alkyl halides is 3. The molecule has 0 saturated heterocycles. The summed E-state index contributed by atoms with van der Waals surface area (Å²) in [5.74, 6) is 0. The first-order valence-electron chi connectivity index (χ1n) is 7.50. The van der Waals surface area contributed by atoms with Gasteiger partial charge in [-0.05, 0) is 23.8 Å². The minimum atomic E-state index is -4.61. The molecular formula is C16H15F3N4O2S. The molecular weight excluding hydrogens is 369 g/mol. The maximum atomic E-state index is 13.2. The number of fused-ring (bicyclic) bond motifs is 1. The number of nitrogens with zero attached hydrogens (tertiary/aromatic N) is 4. The molecule has 0 bridgehead atoms. The summed E-state index contributed by atoms with van der Waals surface area (Å²) in [5.41, 5.74) is -0.228. The summed E-state index contributed by atoms with van der Waals surface area (Å²) >= 11 is 0. The fourth-order valence-electron chi connectivity index (χ4n) is 2.54. The highest BCUT2D eigenvalue weighted by Crippen LogP contribution is 2.33. The quantitative estimate of drug-likeness (QED) is 0.694. The van der Waals surface area contributed by atoms with E-state index in [4.69, 9.17) is 0 Å². The van der Waals surface area contributed by atoms with Crippen LogP contribution in [0.25, 0.3) is 10.9 Å². The van der Waals surface area contributed by atoms with Crippen LogP contribution in [-0.4, -0.2) is 41.6 Å². The van der Waals surface area contributed by atoms with Crippen molar-refractivity contribution in [3.8, 4) is 0 Å². The third-order valence-corrected chi connectivity index (χ3v) is 5.64. The van der Waals surface area contributed by atoms with E-state index < -0.39 is 21.9 Å². The molecule has 2 heterocycles. The summed E-state index contributed by atoms with van der Waals surface area (Å²) in [6.07, 6.45) is -2.11. The van der Waals surface area contributed by atoms with Gasteiger partial charge in [-0.15, -0.1) is 0 Å². The Balaban J connectivity index is 2.06. The van der Waals surface area contributed by atoms with Gasteiger partial charge in [-0.1, -0.05) is 12.1 Å². The second-order valence-corrected chi connectivity index (χ2v) is 7.98. The van der Waals surface area contributed by atoms with Crippen LogP contribution in [0, 0.1) is 0 Å². The van der Waals surface area contributed by atoms with Crippen LogP contribution in [0.3, 0.4) is 0 Å². The molecule has 0 aliphatic carbocycles. The lowest BCUT2D eigenvalue weighted by atomic mass is 10.2. The highest BCUT2D eigenvalue weighted by Gasteiger charge is 2.36. The Morgan fingerprint density at radius 1 is 1.19 bits per heavy atom. The van der Waals surface area contributed by atoms with Crippen LogP contribution in [0.1, 0.15) is 11.3 Å². The Hall–Kier alpha value is -2.46. The second-order valence-electron chi connectivity index (χ2n) is 5.83. The first-order chi connectivity index (χ1) is 12.1. The standard InChI is InChI=1S/C16H15F3N4O2S/c1-22(2)26(24,25)12-5-3-4-11(8-12)10-23-14-6-7-20-9-13(14)15(21-23)16(17,18)19/h3-9H,10H2,1-2H3. The van der Waals surface area contributed by atoms with Crippen LogP contribution in [0.5, 0.6) is 0 Å². The Labute approximate surface area is 147 Å². The van der Waals surface area contributed by atoms with E-state index in [9.17, 15) is 21.6 Å². The molecule has 6 nitrogen and oxygen atoms in total. The van der Waals surface area contributed by atoms with Gasteiger partial charge < -0.3 is 0 Å². The summed E-state index contributed by atoms with van der Waals surface area (Å²) < 4.78 is 66.3. The molecule has 0 aliphatic heterocycles. The summed E-state index contributed by atoms with van der Waals surface area (Å²) in [4.78, 5) is 3.80. The van der Waals surface area contributed by atoms with Gasteiger partial charge in [-0.2, -0.15) is 18.3 Å². The third-order valence-electron chi connectivity index (χ3n) is 3.83. The van der Waals surface area contributed by atoms with Crippen molar-refractivity contribution in [2.24, 2.45) is 0 Å². The maximum Gasteiger partial charge on any atom is 0.435 e. The van der Waals surface area contributed by atoms with Crippen LogP contribution in [0.4, 0.5) is 13.2 Å². The van der Waals surface area contributed by atoms with Gasteiger partial charge in [0.05, 0.1) is 22.3 Å². The van der Waals surface area contributed by atoms with Gasteiger partial charge in [0.25, 0.3) is 0 Å². The minimum absolute atomic E-state index is 0.00657. The first-order valence-corrected chi connectivity index (χ1v) is 8.94. The van der Waals surface area contributed by atoms with Crippen molar-refractivity contribution in [1.29, 1.82) is 0 Å². The maximum absolute atomic E-state index is 13.2. The van der Waals surface area contributed by atoms with Crippen molar-refractivity contribution >= 4 is 20.9 Å². The lowest BCUT2D eigenvalue weighted by Crippen LogP contribution is -2.22. The summed E-state index contributed by atoms with van der Waals surface area (Å²) in [6, 6.07) is 7.49. The molecule has 0 saturated carbocycles. The van der Waals surface area contributed by atoms with Crippen LogP contribution in [0.15, 0.2) is 47.6 Å². The molecule has 0 aliphatic rings. The number of hydrogen-bond donors (Lipinski definition) is 0. The fourth-order valence-corrected chi connectivity index (χ4v) is 3.51. The van der Waals surface area contributed by atoms with E-state index in [1.54, 1.807) is 12.1 Å². The first kappa shape index (κ1) is 18.3. The molecule has 138 valence electrons. The molecule has 0 N–H and O–H groups in total. The van der Waals surface area contributed by atoms with Gasteiger partial charge in [-0.3, -0.25) is 9.67 Å².